The molecule has 0 aliphatic heterocycles. The molecular formula is C19H13Cl2N5O3S. The Labute approximate surface area is 181 Å². The fraction of sp³-hybridized carbons (Fsp3) is 0.0526. The predicted octanol–water partition coefficient (Wildman–Crippen LogP) is 4.00. The average molecular weight is 462 g/mol. The van der Waals surface area contributed by atoms with Crippen LogP contribution < -0.4 is 4.72 Å². The zero-order valence-electron chi connectivity index (χ0n) is 15.3. The largest absolute Gasteiger partial charge is 0.346 e. The van der Waals surface area contributed by atoms with Crippen molar-refractivity contribution in [2.24, 2.45) is 0 Å². The summed E-state index contributed by atoms with van der Waals surface area (Å²) in [5, 5.41) is 0.820. The van der Waals surface area contributed by atoms with Crippen LogP contribution in [0.5, 0.6) is 0 Å². The van der Waals surface area contributed by atoms with Crippen molar-refractivity contribution < 1.29 is 13.2 Å². The molecule has 11 heteroatoms. The molecule has 0 bridgehead atoms. The lowest BCUT2D eigenvalue weighted by Gasteiger charge is -2.13. The third-order valence-electron chi connectivity index (χ3n) is 4.25. The van der Waals surface area contributed by atoms with Crippen LogP contribution >= 0.6 is 23.2 Å². The Kier molecular flexibility index (Phi) is 5.19. The number of sulfonamides is 1. The van der Waals surface area contributed by atoms with Crippen molar-refractivity contribution in [3.63, 3.8) is 0 Å². The summed E-state index contributed by atoms with van der Waals surface area (Å²) in [5.41, 5.74) is 1.18. The maximum atomic E-state index is 13.2. The second-order valence-corrected chi connectivity index (χ2v) is 8.88. The summed E-state index contributed by atoms with van der Waals surface area (Å²) in [6.45, 7) is 1.73. The molecule has 4 aromatic rings. The Morgan fingerprint density at radius 1 is 1.03 bits per heavy atom. The van der Waals surface area contributed by atoms with E-state index in [0.29, 0.717) is 16.6 Å². The van der Waals surface area contributed by atoms with Gasteiger partial charge in [0.15, 0.2) is 0 Å². The first-order valence-corrected chi connectivity index (χ1v) is 10.8. The number of carbonyl (C=O) groups is 1. The molecule has 30 heavy (non-hydrogen) atoms. The second-order valence-electron chi connectivity index (χ2n) is 6.38. The third kappa shape index (κ3) is 3.74. The van der Waals surface area contributed by atoms with E-state index in [4.69, 9.17) is 23.2 Å². The number of ketones is 1. The minimum atomic E-state index is -4.06. The summed E-state index contributed by atoms with van der Waals surface area (Å²) in [7, 11) is -4.06. The fourth-order valence-corrected chi connectivity index (χ4v) is 4.29. The number of aromatic amines is 1. The van der Waals surface area contributed by atoms with Crippen LogP contribution in [0.1, 0.15) is 21.7 Å². The lowest BCUT2D eigenvalue weighted by Crippen LogP contribution is -2.18. The molecule has 8 nitrogen and oxygen atoms in total. The Balaban J connectivity index is 1.78. The molecule has 0 radical (unpaired) electrons. The molecule has 3 heterocycles. The molecule has 2 N–H and O–H groups in total. The van der Waals surface area contributed by atoms with Gasteiger partial charge in [-0.05, 0) is 42.8 Å². The van der Waals surface area contributed by atoms with Crippen molar-refractivity contribution in [1.29, 1.82) is 0 Å². The van der Waals surface area contributed by atoms with Crippen LogP contribution in [0.15, 0.2) is 53.9 Å². The standard InChI is InChI=1S/C19H13Cl2N5O3S/c1-10-6-15(26-30(28,29)11-2-3-13(20)14(21)7-11)17(23-8-10)18(27)16-12-4-5-22-19(12)25-9-24-16/h2-9,26H,1H3,(H,22,24,25). The number of hydrogen-bond acceptors (Lipinski definition) is 6. The van der Waals surface area contributed by atoms with E-state index in [1.165, 1.54) is 36.8 Å². The number of rotatable bonds is 5. The maximum absolute atomic E-state index is 13.2. The smallest absolute Gasteiger partial charge is 0.262 e. The lowest BCUT2D eigenvalue weighted by molar-refractivity contribution is 0.103. The van der Waals surface area contributed by atoms with Gasteiger partial charge in [0.1, 0.15) is 23.4 Å². The number of nitrogens with zero attached hydrogens (tertiary/aromatic N) is 3. The van der Waals surface area contributed by atoms with Crippen LogP contribution in [-0.2, 0) is 10.0 Å². The Morgan fingerprint density at radius 3 is 2.60 bits per heavy atom. The first-order valence-electron chi connectivity index (χ1n) is 8.53. The van der Waals surface area contributed by atoms with Crippen molar-refractivity contribution in [2.45, 2.75) is 11.8 Å². The molecule has 0 saturated heterocycles. The minimum Gasteiger partial charge on any atom is -0.346 e. The van der Waals surface area contributed by atoms with Gasteiger partial charge in [0.05, 0.1) is 20.6 Å². The van der Waals surface area contributed by atoms with Gasteiger partial charge < -0.3 is 4.98 Å². The summed E-state index contributed by atoms with van der Waals surface area (Å²) in [6.07, 6.45) is 4.35. The van der Waals surface area contributed by atoms with Crippen LogP contribution in [0.4, 0.5) is 5.69 Å². The van der Waals surface area contributed by atoms with Crippen molar-refractivity contribution in [3.05, 3.63) is 76.0 Å². The number of carbonyl (C=O) groups excluding carboxylic acids is 1. The van der Waals surface area contributed by atoms with E-state index < -0.39 is 15.8 Å². The number of nitrogens with one attached hydrogen (secondary N) is 2. The van der Waals surface area contributed by atoms with E-state index in [0.717, 1.165) is 0 Å². The zero-order valence-corrected chi connectivity index (χ0v) is 17.7. The molecule has 0 spiro atoms. The number of halogens is 2. The van der Waals surface area contributed by atoms with E-state index in [1.807, 2.05) is 0 Å². The highest BCUT2D eigenvalue weighted by Crippen LogP contribution is 2.28. The minimum absolute atomic E-state index is 0.0216. The summed E-state index contributed by atoms with van der Waals surface area (Å²) < 4.78 is 28.2. The number of anilines is 1. The first-order chi connectivity index (χ1) is 14.3. The first kappa shape index (κ1) is 20.3. The van der Waals surface area contributed by atoms with Crippen molar-refractivity contribution in [3.8, 4) is 0 Å². The monoisotopic (exact) mass is 461 g/mol. The van der Waals surface area contributed by atoms with Crippen LogP contribution in [0.25, 0.3) is 11.0 Å². The normalized spacial score (nSPS) is 11.6. The fourth-order valence-electron chi connectivity index (χ4n) is 2.84. The molecular weight excluding hydrogens is 449 g/mol. The quantitative estimate of drug-likeness (QED) is 0.433. The van der Waals surface area contributed by atoms with Gasteiger partial charge in [-0.2, -0.15) is 0 Å². The number of aromatic nitrogens is 4. The van der Waals surface area contributed by atoms with E-state index >= 15 is 0 Å². The number of H-pyrrole nitrogens is 1. The molecule has 0 fully saturated rings. The van der Waals surface area contributed by atoms with Crippen LogP contribution in [-0.4, -0.2) is 34.1 Å². The van der Waals surface area contributed by atoms with Crippen LogP contribution in [0.3, 0.4) is 0 Å². The molecule has 152 valence electrons. The summed E-state index contributed by atoms with van der Waals surface area (Å²) in [4.78, 5) is 28.2. The highest BCUT2D eigenvalue weighted by Gasteiger charge is 2.24. The van der Waals surface area contributed by atoms with Gasteiger partial charge in [-0.25, -0.2) is 18.4 Å². The molecule has 0 unspecified atom stereocenters. The molecule has 4 rings (SSSR count). The Bertz CT molecular complexity index is 1400. The van der Waals surface area contributed by atoms with E-state index in [-0.39, 0.29) is 32.0 Å². The van der Waals surface area contributed by atoms with Crippen molar-refractivity contribution >= 4 is 55.7 Å². The number of fused-ring (bicyclic) bond motifs is 1. The van der Waals surface area contributed by atoms with Crippen molar-refractivity contribution in [1.82, 2.24) is 19.9 Å². The number of hydrogen-bond donors (Lipinski definition) is 2. The molecule has 0 aliphatic carbocycles. The molecule has 1 aromatic carbocycles. The van der Waals surface area contributed by atoms with Gasteiger partial charge in [0.2, 0.25) is 5.78 Å². The van der Waals surface area contributed by atoms with Crippen molar-refractivity contribution in [2.75, 3.05) is 4.72 Å². The van der Waals surface area contributed by atoms with Gasteiger partial charge in [0.25, 0.3) is 10.0 Å². The van der Waals surface area contributed by atoms with Gasteiger partial charge in [0, 0.05) is 17.8 Å². The molecule has 0 saturated carbocycles. The lowest BCUT2D eigenvalue weighted by atomic mass is 10.1. The second kappa shape index (κ2) is 7.67. The zero-order chi connectivity index (χ0) is 21.5. The predicted molar refractivity (Wildman–Crippen MR) is 114 cm³/mol. The SMILES string of the molecule is Cc1cnc(C(=O)c2ncnc3[nH]ccc23)c(NS(=O)(=O)c2ccc(Cl)c(Cl)c2)c1. The average Bonchev–Trinajstić information content (AvgIpc) is 3.18. The molecule has 0 atom stereocenters. The summed E-state index contributed by atoms with van der Waals surface area (Å²) >= 11 is 11.8. The number of aryl methyl sites for hydroxylation is 1. The third-order valence-corrected chi connectivity index (χ3v) is 6.36. The van der Waals surface area contributed by atoms with Gasteiger partial charge >= 0.3 is 0 Å². The maximum Gasteiger partial charge on any atom is 0.262 e. The summed E-state index contributed by atoms with van der Waals surface area (Å²) in [6, 6.07) is 7.10. The van der Waals surface area contributed by atoms with E-state index in [2.05, 4.69) is 24.7 Å². The highest BCUT2D eigenvalue weighted by atomic mass is 35.5. The number of benzene rings is 1. The van der Waals surface area contributed by atoms with Crippen LogP contribution in [0, 0.1) is 6.92 Å². The van der Waals surface area contributed by atoms with Gasteiger partial charge in [-0.3, -0.25) is 14.5 Å². The van der Waals surface area contributed by atoms with E-state index in [9.17, 15) is 13.2 Å². The number of pyridine rings is 1. The molecule has 0 aliphatic rings. The van der Waals surface area contributed by atoms with Crippen LogP contribution in [0.2, 0.25) is 10.0 Å². The molecule has 3 aromatic heterocycles. The molecule has 0 amide bonds. The Hall–Kier alpha value is -3.01. The Morgan fingerprint density at radius 2 is 1.83 bits per heavy atom. The topological polar surface area (TPSA) is 118 Å². The highest BCUT2D eigenvalue weighted by molar-refractivity contribution is 7.92. The van der Waals surface area contributed by atoms with Gasteiger partial charge in [-0.15, -0.1) is 0 Å². The summed E-state index contributed by atoms with van der Waals surface area (Å²) in [5.74, 6) is -0.547. The van der Waals surface area contributed by atoms with E-state index in [1.54, 1.807) is 19.2 Å². The van der Waals surface area contributed by atoms with Gasteiger partial charge in [-0.1, -0.05) is 23.2 Å².